The maximum Gasteiger partial charge on any atom is 0.0606 e. The van der Waals surface area contributed by atoms with Gasteiger partial charge in [-0.2, -0.15) is 0 Å². The molecule has 2 rings (SSSR count). The molecule has 0 radical (unpaired) electrons. The molecule has 0 atom stereocenters. The van der Waals surface area contributed by atoms with E-state index in [0.717, 1.165) is 28.1 Å². The molecule has 1 aromatic heterocycles. The van der Waals surface area contributed by atoms with E-state index in [-0.39, 0.29) is 0 Å². The van der Waals surface area contributed by atoms with Crippen LogP contribution in [0.3, 0.4) is 0 Å². The van der Waals surface area contributed by atoms with Crippen molar-refractivity contribution in [2.75, 3.05) is 5.32 Å². The van der Waals surface area contributed by atoms with Crippen LogP contribution in [0, 0.1) is 20.8 Å². The predicted molar refractivity (Wildman–Crippen MR) is 79.9 cm³/mol. The third-order valence-electron chi connectivity index (χ3n) is 2.93. The first-order valence-electron chi connectivity index (χ1n) is 5.99. The fraction of sp³-hybridized carbons (Fsp3) is 0.267. The van der Waals surface area contributed by atoms with Crippen molar-refractivity contribution in [1.29, 1.82) is 0 Å². The van der Waals surface area contributed by atoms with Crippen molar-refractivity contribution in [3.63, 3.8) is 0 Å². The molecule has 0 aliphatic heterocycles. The maximum absolute atomic E-state index is 4.45. The number of nitrogens with one attached hydrogen (secondary N) is 1. The first-order valence-corrected chi connectivity index (χ1v) is 6.79. The monoisotopic (exact) mass is 304 g/mol. The van der Waals surface area contributed by atoms with E-state index in [9.17, 15) is 0 Å². The van der Waals surface area contributed by atoms with E-state index in [1.807, 2.05) is 19.9 Å². The van der Waals surface area contributed by atoms with Crippen LogP contribution in [-0.2, 0) is 6.54 Å². The quantitative estimate of drug-likeness (QED) is 0.910. The summed E-state index contributed by atoms with van der Waals surface area (Å²) in [5, 5.41) is 3.43. The second-order valence-electron chi connectivity index (χ2n) is 4.52. The lowest BCUT2D eigenvalue weighted by Gasteiger charge is -2.10. The minimum Gasteiger partial charge on any atom is -0.380 e. The Labute approximate surface area is 117 Å². The van der Waals surface area contributed by atoms with Crippen molar-refractivity contribution in [2.45, 2.75) is 27.3 Å². The molecule has 1 heterocycles. The molecule has 0 aliphatic carbocycles. The number of nitrogens with zero attached hydrogens (tertiary/aromatic N) is 1. The summed E-state index contributed by atoms with van der Waals surface area (Å²) in [6.07, 6.45) is 0. The highest BCUT2D eigenvalue weighted by Crippen LogP contribution is 2.19. The van der Waals surface area contributed by atoms with E-state index in [4.69, 9.17) is 0 Å². The summed E-state index contributed by atoms with van der Waals surface area (Å²) in [5.74, 6) is 0. The van der Waals surface area contributed by atoms with Gasteiger partial charge in [-0.25, -0.2) is 0 Å². The number of hydrogen-bond acceptors (Lipinski definition) is 2. The van der Waals surface area contributed by atoms with Crippen LogP contribution in [0.15, 0.2) is 34.8 Å². The van der Waals surface area contributed by atoms with Crippen molar-refractivity contribution in [3.05, 3.63) is 57.3 Å². The normalized spacial score (nSPS) is 10.4. The summed E-state index contributed by atoms with van der Waals surface area (Å²) < 4.78 is 1.15. The predicted octanol–water partition coefficient (Wildman–Crippen LogP) is 4.38. The van der Waals surface area contributed by atoms with Crippen molar-refractivity contribution in [2.24, 2.45) is 0 Å². The van der Waals surface area contributed by atoms with Gasteiger partial charge in [-0.3, -0.25) is 4.98 Å². The molecule has 1 N–H and O–H groups in total. The fourth-order valence-corrected chi connectivity index (χ4v) is 2.13. The molecule has 2 nitrogen and oxygen atoms in total. The van der Waals surface area contributed by atoms with E-state index in [1.165, 1.54) is 11.1 Å². The molecule has 3 heteroatoms. The number of benzene rings is 1. The summed E-state index contributed by atoms with van der Waals surface area (Å²) in [6.45, 7) is 6.96. The number of halogens is 1. The molecule has 0 unspecified atom stereocenters. The van der Waals surface area contributed by atoms with Crippen molar-refractivity contribution in [3.8, 4) is 0 Å². The molecule has 0 amide bonds. The Bertz CT molecular complexity index is 564. The van der Waals surface area contributed by atoms with Crippen LogP contribution in [0.1, 0.15) is 22.5 Å². The van der Waals surface area contributed by atoms with Gasteiger partial charge < -0.3 is 5.32 Å². The molecule has 0 saturated heterocycles. The van der Waals surface area contributed by atoms with E-state index in [0.29, 0.717) is 0 Å². The van der Waals surface area contributed by atoms with Gasteiger partial charge in [0.05, 0.1) is 11.4 Å². The van der Waals surface area contributed by atoms with E-state index >= 15 is 0 Å². The number of pyridine rings is 1. The summed E-state index contributed by atoms with van der Waals surface area (Å²) in [4.78, 5) is 4.45. The fourth-order valence-electron chi connectivity index (χ4n) is 1.89. The van der Waals surface area contributed by atoms with Crippen LogP contribution in [-0.4, -0.2) is 4.98 Å². The highest BCUT2D eigenvalue weighted by Gasteiger charge is 2.01. The second kappa shape index (κ2) is 5.53. The van der Waals surface area contributed by atoms with Gasteiger partial charge in [0.15, 0.2) is 0 Å². The van der Waals surface area contributed by atoms with Gasteiger partial charge in [0.25, 0.3) is 0 Å². The molecular weight excluding hydrogens is 288 g/mol. The first kappa shape index (κ1) is 13.1. The Hall–Kier alpha value is -1.35. The van der Waals surface area contributed by atoms with Crippen LogP contribution in [0.2, 0.25) is 0 Å². The largest absolute Gasteiger partial charge is 0.380 e. The van der Waals surface area contributed by atoms with E-state index < -0.39 is 0 Å². The zero-order valence-corrected chi connectivity index (χ0v) is 12.5. The molecule has 1 aromatic carbocycles. The molecule has 0 saturated carbocycles. The molecule has 18 heavy (non-hydrogen) atoms. The Morgan fingerprint density at radius 1 is 1.11 bits per heavy atom. The van der Waals surface area contributed by atoms with Crippen molar-refractivity contribution >= 4 is 21.6 Å². The van der Waals surface area contributed by atoms with Gasteiger partial charge >= 0.3 is 0 Å². The highest BCUT2D eigenvalue weighted by atomic mass is 79.9. The molecule has 0 bridgehead atoms. The topological polar surface area (TPSA) is 24.9 Å². The van der Waals surface area contributed by atoms with Crippen LogP contribution < -0.4 is 5.32 Å². The number of hydrogen-bond donors (Lipinski definition) is 1. The molecule has 0 aliphatic rings. The Balaban J connectivity index is 2.09. The van der Waals surface area contributed by atoms with Gasteiger partial charge in [-0.15, -0.1) is 0 Å². The van der Waals surface area contributed by atoms with Gasteiger partial charge in [0.1, 0.15) is 0 Å². The number of rotatable bonds is 3. The minimum absolute atomic E-state index is 0.819. The third-order valence-corrected chi connectivity index (χ3v) is 3.82. The van der Waals surface area contributed by atoms with Crippen molar-refractivity contribution < 1.29 is 0 Å². The lowest BCUT2D eigenvalue weighted by molar-refractivity contribution is 1.08. The van der Waals surface area contributed by atoms with E-state index in [1.54, 1.807) is 0 Å². The Morgan fingerprint density at radius 2 is 1.89 bits per heavy atom. The minimum atomic E-state index is 0.819. The van der Waals surface area contributed by atoms with Gasteiger partial charge in [-0.05, 0) is 50.1 Å². The number of aryl methyl sites for hydroxylation is 3. The summed E-state index contributed by atoms with van der Waals surface area (Å²) in [7, 11) is 0. The Kier molecular flexibility index (Phi) is 4.02. The van der Waals surface area contributed by atoms with E-state index in [2.05, 4.69) is 57.4 Å². The summed E-state index contributed by atoms with van der Waals surface area (Å²) >= 11 is 3.51. The zero-order chi connectivity index (χ0) is 13.1. The SMILES string of the molecule is Cc1ccc(NCc2ccc(Br)c(C)c2)c(C)n1. The van der Waals surface area contributed by atoms with Crippen LogP contribution >= 0.6 is 15.9 Å². The highest BCUT2D eigenvalue weighted by molar-refractivity contribution is 9.10. The number of anilines is 1. The average molecular weight is 305 g/mol. The molecule has 2 aromatic rings. The van der Waals surface area contributed by atoms with Crippen LogP contribution in [0.5, 0.6) is 0 Å². The van der Waals surface area contributed by atoms with Gasteiger partial charge in [0, 0.05) is 16.7 Å². The van der Waals surface area contributed by atoms with Crippen molar-refractivity contribution in [1.82, 2.24) is 4.98 Å². The molecule has 0 spiro atoms. The zero-order valence-electron chi connectivity index (χ0n) is 10.9. The first-order chi connectivity index (χ1) is 8.56. The lowest BCUT2D eigenvalue weighted by Crippen LogP contribution is -2.02. The third kappa shape index (κ3) is 3.10. The maximum atomic E-state index is 4.45. The van der Waals surface area contributed by atoms with Gasteiger partial charge in [0.2, 0.25) is 0 Å². The second-order valence-corrected chi connectivity index (χ2v) is 5.38. The molecule has 94 valence electrons. The van der Waals surface area contributed by atoms with Crippen LogP contribution in [0.25, 0.3) is 0 Å². The van der Waals surface area contributed by atoms with Gasteiger partial charge in [-0.1, -0.05) is 28.1 Å². The molecular formula is C15H17BrN2. The lowest BCUT2D eigenvalue weighted by atomic mass is 10.1. The Morgan fingerprint density at radius 3 is 2.56 bits per heavy atom. The number of aromatic nitrogens is 1. The standard InChI is InChI=1S/C15H17BrN2/c1-10-8-13(5-6-14(10)16)9-17-15-7-4-11(2)18-12(15)3/h4-8,17H,9H2,1-3H3. The van der Waals surface area contributed by atoms with Crippen LogP contribution in [0.4, 0.5) is 5.69 Å². The average Bonchev–Trinajstić information content (AvgIpc) is 2.32. The molecule has 0 fully saturated rings. The summed E-state index contributed by atoms with van der Waals surface area (Å²) in [5.41, 5.74) is 5.73. The summed E-state index contributed by atoms with van der Waals surface area (Å²) in [6, 6.07) is 10.5. The smallest absolute Gasteiger partial charge is 0.0606 e.